The van der Waals surface area contributed by atoms with Crippen molar-refractivity contribution in [2.24, 2.45) is 0 Å². The maximum atomic E-state index is 5.63. The van der Waals surface area contributed by atoms with Gasteiger partial charge in [-0.25, -0.2) is 0 Å². The van der Waals surface area contributed by atoms with Crippen molar-refractivity contribution >= 4 is 11.6 Å². The predicted octanol–water partition coefficient (Wildman–Crippen LogP) is 3.49. The molecular formula is C8H13Cl. The van der Waals surface area contributed by atoms with Crippen molar-refractivity contribution < 1.29 is 0 Å². The Morgan fingerprint density at radius 2 is 2.11 bits per heavy atom. The molecule has 1 aliphatic rings. The Morgan fingerprint density at radius 1 is 1.44 bits per heavy atom. The molecule has 0 fully saturated rings. The van der Waals surface area contributed by atoms with Crippen LogP contribution in [0.2, 0.25) is 0 Å². The van der Waals surface area contributed by atoms with Crippen LogP contribution < -0.4 is 0 Å². The average Bonchev–Trinajstić information content (AvgIpc) is 1.94. The first-order valence-corrected chi connectivity index (χ1v) is 3.78. The molecule has 0 nitrogen and oxygen atoms in total. The van der Waals surface area contributed by atoms with Crippen molar-refractivity contribution in [3.63, 3.8) is 0 Å². The Bertz CT molecular complexity index is 112. The minimum atomic E-state index is 0.975. The van der Waals surface area contributed by atoms with Gasteiger partial charge in [0.1, 0.15) is 0 Å². The standard InChI is InChI=1S/C6H7Cl.C2H6/c7-6-4-2-1-3-5-6;1-2/h1-2,4H,3,5H2;1-2H3. The van der Waals surface area contributed by atoms with Crippen molar-refractivity contribution in [2.45, 2.75) is 26.7 Å². The zero-order valence-corrected chi connectivity index (χ0v) is 6.78. The minimum Gasteiger partial charge on any atom is -0.0891 e. The van der Waals surface area contributed by atoms with Gasteiger partial charge in [0, 0.05) is 5.03 Å². The summed E-state index contributed by atoms with van der Waals surface area (Å²) in [6.45, 7) is 4.00. The summed E-state index contributed by atoms with van der Waals surface area (Å²) in [5, 5.41) is 0.975. The number of hydrogen-bond donors (Lipinski definition) is 0. The first kappa shape index (κ1) is 8.77. The molecule has 0 atom stereocenters. The maximum absolute atomic E-state index is 5.63. The van der Waals surface area contributed by atoms with Crippen LogP contribution >= 0.6 is 11.6 Å². The summed E-state index contributed by atoms with van der Waals surface area (Å²) in [5.74, 6) is 0. The SMILES string of the molecule is CC.ClC1=CC=CCC1. The molecule has 0 aromatic heterocycles. The Morgan fingerprint density at radius 3 is 2.33 bits per heavy atom. The summed E-state index contributed by atoms with van der Waals surface area (Å²) in [7, 11) is 0. The van der Waals surface area contributed by atoms with Crippen molar-refractivity contribution in [1.29, 1.82) is 0 Å². The summed E-state index contributed by atoms with van der Waals surface area (Å²) in [6.07, 6.45) is 8.18. The van der Waals surface area contributed by atoms with E-state index < -0.39 is 0 Å². The molecule has 1 aliphatic carbocycles. The summed E-state index contributed by atoms with van der Waals surface area (Å²) in [4.78, 5) is 0. The Labute approximate surface area is 62.2 Å². The molecule has 52 valence electrons. The van der Waals surface area contributed by atoms with Gasteiger partial charge in [0.15, 0.2) is 0 Å². The zero-order chi connectivity index (χ0) is 7.11. The van der Waals surface area contributed by atoms with Crippen LogP contribution in [0.4, 0.5) is 0 Å². The van der Waals surface area contributed by atoms with E-state index in [2.05, 4.69) is 6.08 Å². The second kappa shape index (κ2) is 5.90. The quantitative estimate of drug-likeness (QED) is 0.488. The molecular weight excluding hydrogens is 132 g/mol. The van der Waals surface area contributed by atoms with Crippen LogP contribution in [0, 0.1) is 0 Å². The van der Waals surface area contributed by atoms with Crippen molar-refractivity contribution in [3.05, 3.63) is 23.3 Å². The minimum absolute atomic E-state index is 0.975. The van der Waals surface area contributed by atoms with E-state index in [1.807, 2.05) is 26.0 Å². The molecule has 0 aromatic rings. The van der Waals surface area contributed by atoms with Crippen LogP contribution in [-0.4, -0.2) is 0 Å². The van der Waals surface area contributed by atoms with Gasteiger partial charge in [-0.15, -0.1) is 0 Å². The Hall–Kier alpha value is -0.230. The maximum Gasteiger partial charge on any atom is 0.0183 e. The van der Waals surface area contributed by atoms with E-state index in [1.165, 1.54) is 0 Å². The number of allylic oxidation sites excluding steroid dienone is 4. The second-order valence-corrected chi connectivity index (χ2v) is 2.07. The second-order valence-electron chi connectivity index (χ2n) is 1.58. The summed E-state index contributed by atoms with van der Waals surface area (Å²) >= 11 is 5.63. The fourth-order valence-electron chi connectivity index (χ4n) is 0.573. The molecule has 0 N–H and O–H groups in total. The van der Waals surface area contributed by atoms with E-state index in [-0.39, 0.29) is 0 Å². The van der Waals surface area contributed by atoms with Gasteiger partial charge in [0.2, 0.25) is 0 Å². The third-order valence-corrected chi connectivity index (χ3v) is 1.28. The molecule has 1 rings (SSSR count). The van der Waals surface area contributed by atoms with E-state index in [0.29, 0.717) is 0 Å². The first-order valence-electron chi connectivity index (χ1n) is 3.41. The normalized spacial score (nSPS) is 15.7. The highest BCUT2D eigenvalue weighted by atomic mass is 35.5. The summed E-state index contributed by atoms with van der Waals surface area (Å²) in [5.41, 5.74) is 0. The van der Waals surface area contributed by atoms with E-state index >= 15 is 0 Å². The largest absolute Gasteiger partial charge is 0.0891 e. The third kappa shape index (κ3) is 4.28. The lowest BCUT2D eigenvalue weighted by atomic mass is 10.2. The smallest absolute Gasteiger partial charge is 0.0183 e. The van der Waals surface area contributed by atoms with Gasteiger partial charge in [0.05, 0.1) is 0 Å². The molecule has 1 heteroatoms. The van der Waals surface area contributed by atoms with Crippen LogP contribution in [0.5, 0.6) is 0 Å². The lowest BCUT2D eigenvalue weighted by molar-refractivity contribution is 1.02. The lowest BCUT2D eigenvalue weighted by Gasteiger charge is -1.96. The number of rotatable bonds is 0. The molecule has 0 unspecified atom stereocenters. The van der Waals surface area contributed by atoms with E-state index in [9.17, 15) is 0 Å². The highest BCUT2D eigenvalue weighted by Crippen LogP contribution is 2.14. The van der Waals surface area contributed by atoms with Gasteiger partial charge >= 0.3 is 0 Å². The Kier molecular flexibility index (Phi) is 5.75. The molecule has 0 heterocycles. The predicted molar refractivity (Wildman–Crippen MR) is 43.7 cm³/mol. The van der Waals surface area contributed by atoms with E-state index in [4.69, 9.17) is 11.6 Å². The van der Waals surface area contributed by atoms with Gasteiger partial charge in [-0.3, -0.25) is 0 Å². The fourth-order valence-corrected chi connectivity index (χ4v) is 0.755. The molecule has 0 amide bonds. The van der Waals surface area contributed by atoms with E-state index in [0.717, 1.165) is 17.9 Å². The number of halogens is 1. The monoisotopic (exact) mass is 144 g/mol. The van der Waals surface area contributed by atoms with Gasteiger partial charge in [0.25, 0.3) is 0 Å². The van der Waals surface area contributed by atoms with E-state index in [1.54, 1.807) is 0 Å². The molecule has 0 spiro atoms. The van der Waals surface area contributed by atoms with Gasteiger partial charge in [-0.2, -0.15) is 0 Å². The molecule has 0 radical (unpaired) electrons. The lowest BCUT2D eigenvalue weighted by Crippen LogP contribution is -1.75. The summed E-state index contributed by atoms with van der Waals surface area (Å²) < 4.78 is 0. The van der Waals surface area contributed by atoms with Crippen LogP contribution in [0.15, 0.2) is 23.3 Å². The van der Waals surface area contributed by atoms with Gasteiger partial charge in [-0.05, 0) is 18.9 Å². The van der Waals surface area contributed by atoms with Crippen molar-refractivity contribution in [3.8, 4) is 0 Å². The third-order valence-electron chi connectivity index (χ3n) is 0.963. The van der Waals surface area contributed by atoms with Crippen LogP contribution in [0.1, 0.15) is 26.7 Å². The average molecular weight is 145 g/mol. The van der Waals surface area contributed by atoms with Crippen molar-refractivity contribution in [2.75, 3.05) is 0 Å². The molecule has 9 heavy (non-hydrogen) atoms. The molecule has 0 bridgehead atoms. The first-order chi connectivity index (χ1) is 4.39. The summed E-state index contributed by atoms with van der Waals surface area (Å²) in [6, 6.07) is 0. The molecule has 0 saturated heterocycles. The van der Waals surface area contributed by atoms with Crippen LogP contribution in [0.25, 0.3) is 0 Å². The molecule has 0 aromatic carbocycles. The molecule has 0 saturated carbocycles. The zero-order valence-electron chi connectivity index (χ0n) is 6.02. The van der Waals surface area contributed by atoms with Crippen LogP contribution in [-0.2, 0) is 0 Å². The highest BCUT2D eigenvalue weighted by molar-refractivity contribution is 6.29. The molecule has 0 aliphatic heterocycles. The fraction of sp³-hybridized carbons (Fsp3) is 0.500. The van der Waals surface area contributed by atoms with Gasteiger partial charge in [-0.1, -0.05) is 37.6 Å². The highest BCUT2D eigenvalue weighted by Gasteiger charge is 1.91. The van der Waals surface area contributed by atoms with Crippen molar-refractivity contribution in [1.82, 2.24) is 0 Å². The number of hydrogen-bond acceptors (Lipinski definition) is 0. The van der Waals surface area contributed by atoms with Crippen LogP contribution in [0.3, 0.4) is 0 Å². The topological polar surface area (TPSA) is 0 Å². The Balaban J connectivity index is 0.000000291. The van der Waals surface area contributed by atoms with Gasteiger partial charge < -0.3 is 0 Å².